The first-order valence-corrected chi connectivity index (χ1v) is 7.70. The van der Waals surface area contributed by atoms with Gasteiger partial charge in [-0.15, -0.1) is 11.8 Å². The molecule has 0 N–H and O–H groups in total. The number of hydrogen-bond acceptors (Lipinski definition) is 2. The number of rotatable bonds is 9. The lowest BCUT2D eigenvalue weighted by molar-refractivity contribution is 0.631. The van der Waals surface area contributed by atoms with Crippen molar-refractivity contribution in [1.29, 1.82) is 0 Å². The second-order valence-corrected chi connectivity index (χ2v) is 6.50. The number of unbranched alkanes of at least 4 members (excludes halogenated alkanes) is 3. The summed E-state index contributed by atoms with van der Waals surface area (Å²) in [6.07, 6.45) is 7.05. The lowest BCUT2D eigenvalue weighted by Gasteiger charge is -2.09. The van der Waals surface area contributed by atoms with E-state index in [0.29, 0.717) is 0 Å². The molecule has 1 unspecified atom stereocenters. The largest absolute Gasteiger partial charge is 0.151 e. The Morgan fingerprint density at radius 2 is 1.85 bits per heavy atom. The van der Waals surface area contributed by atoms with E-state index in [1.54, 1.807) is 0 Å². The zero-order chi connectivity index (χ0) is 9.94. The van der Waals surface area contributed by atoms with E-state index >= 15 is 0 Å². The van der Waals surface area contributed by atoms with Gasteiger partial charge in [-0.3, -0.25) is 0 Å². The minimum absolute atomic E-state index is 0.871. The third-order valence-corrected chi connectivity index (χ3v) is 4.53. The van der Waals surface area contributed by atoms with E-state index in [4.69, 9.17) is 0 Å². The minimum Gasteiger partial charge on any atom is -0.151 e. The molecule has 0 bridgehead atoms. The second-order valence-electron chi connectivity index (χ2n) is 3.44. The highest BCUT2D eigenvalue weighted by atomic mass is 32.2. The van der Waals surface area contributed by atoms with Crippen molar-refractivity contribution >= 4 is 23.5 Å². The van der Waals surface area contributed by atoms with Gasteiger partial charge in [-0.2, -0.15) is 11.8 Å². The first-order chi connectivity index (χ1) is 6.31. The highest BCUT2D eigenvalue weighted by Gasteiger charge is 2.01. The van der Waals surface area contributed by atoms with Crippen LogP contribution in [0.1, 0.15) is 52.9 Å². The second kappa shape index (κ2) is 10.8. The standard InChI is InChI=1S/C11H24S2/c1-4-6-7-8-9-11(3)13-10-12-5-2/h11H,4-10H2,1-3H3. The van der Waals surface area contributed by atoms with Gasteiger partial charge in [0.1, 0.15) is 0 Å². The van der Waals surface area contributed by atoms with Crippen molar-refractivity contribution in [2.45, 2.75) is 58.1 Å². The first kappa shape index (κ1) is 13.7. The molecule has 0 rings (SSSR count). The summed E-state index contributed by atoms with van der Waals surface area (Å²) >= 11 is 4.17. The summed E-state index contributed by atoms with van der Waals surface area (Å²) in [5.74, 6) is 1.26. The molecule has 0 saturated heterocycles. The molecule has 13 heavy (non-hydrogen) atoms. The van der Waals surface area contributed by atoms with Crippen molar-refractivity contribution in [3.05, 3.63) is 0 Å². The van der Waals surface area contributed by atoms with E-state index in [1.165, 1.54) is 42.9 Å². The molecule has 0 aromatic rings. The van der Waals surface area contributed by atoms with Crippen LogP contribution in [0.2, 0.25) is 0 Å². The Kier molecular flexibility index (Phi) is 11.4. The summed E-state index contributed by atoms with van der Waals surface area (Å²) in [5, 5.41) is 2.15. The molecule has 0 nitrogen and oxygen atoms in total. The molecule has 0 spiro atoms. The molecule has 0 saturated carbocycles. The maximum Gasteiger partial charge on any atom is 0.0394 e. The van der Waals surface area contributed by atoms with Crippen LogP contribution in [0, 0.1) is 0 Å². The molecule has 0 fully saturated rings. The van der Waals surface area contributed by atoms with Crippen LogP contribution >= 0.6 is 23.5 Å². The van der Waals surface area contributed by atoms with E-state index in [0.717, 1.165) is 5.25 Å². The molecule has 0 aliphatic heterocycles. The van der Waals surface area contributed by atoms with Crippen molar-refractivity contribution in [2.75, 3.05) is 10.8 Å². The van der Waals surface area contributed by atoms with Crippen molar-refractivity contribution in [2.24, 2.45) is 0 Å². The van der Waals surface area contributed by atoms with Crippen LogP contribution in [-0.4, -0.2) is 16.1 Å². The Morgan fingerprint density at radius 3 is 2.46 bits per heavy atom. The van der Waals surface area contributed by atoms with Gasteiger partial charge < -0.3 is 0 Å². The van der Waals surface area contributed by atoms with Gasteiger partial charge in [0.2, 0.25) is 0 Å². The van der Waals surface area contributed by atoms with Crippen LogP contribution in [-0.2, 0) is 0 Å². The molecule has 1 atom stereocenters. The Morgan fingerprint density at radius 1 is 1.08 bits per heavy atom. The fourth-order valence-corrected chi connectivity index (χ4v) is 3.50. The summed E-state index contributed by atoms with van der Waals surface area (Å²) in [7, 11) is 0. The molecule has 0 aromatic heterocycles. The van der Waals surface area contributed by atoms with Crippen LogP contribution in [0.4, 0.5) is 0 Å². The number of hydrogen-bond donors (Lipinski definition) is 0. The number of thioether (sulfide) groups is 2. The van der Waals surface area contributed by atoms with E-state index in [9.17, 15) is 0 Å². The fraction of sp³-hybridized carbons (Fsp3) is 1.00. The van der Waals surface area contributed by atoms with Crippen LogP contribution < -0.4 is 0 Å². The average molecular weight is 220 g/mol. The average Bonchev–Trinajstić information content (AvgIpc) is 2.13. The topological polar surface area (TPSA) is 0 Å². The molecule has 0 aromatic carbocycles. The summed E-state index contributed by atoms with van der Waals surface area (Å²) in [6.45, 7) is 6.88. The van der Waals surface area contributed by atoms with Gasteiger partial charge in [-0.25, -0.2) is 0 Å². The Balaban J connectivity index is 3.05. The Labute approximate surface area is 92.6 Å². The van der Waals surface area contributed by atoms with Crippen LogP contribution in [0.25, 0.3) is 0 Å². The lowest BCUT2D eigenvalue weighted by Crippen LogP contribution is -1.96. The van der Waals surface area contributed by atoms with Gasteiger partial charge in [0.15, 0.2) is 0 Å². The molecule has 0 amide bonds. The predicted molar refractivity (Wildman–Crippen MR) is 68.8 cm³/mol. The normalized spacial score (nSPS) is 13.2. The van der Waals surface area contributed by atoms with E-state index < -0.39 is 0 Å². The summed E-state index contributed by atoms with van der Waals surface area (Å²) in [5.41, 5.74) is 0. The summed E-state index contributed by atoms with van der Waals surface area (Å²) < 4.78 is 0. The smallest absolute Gasteiger partial charge is 0.0394 e. The summed E-state index contributed by atoms with van der Waals surface area (Å²) in [4.78, 5) is 0. The highest BCUT2D eigenvalue weighted by molar-refractivity contribution is 8.16. The lowest BCUT2D eigenvalue weighted by atomic mass is 10.1. The molecular formula is C11H24S2. The SMILES string of the molecule is CCCCCCC(C)SCSCC. The van der Waals surface area contributed by atoms with Crippen LogP contribution in [0.3, 0.4) is 0 Å². The molecule has 0 aliphatic rings. The van der Waals surface area contributed by atoms with Crippen molar-refractivity contribution in [1.82, 2.24) is 0 Å². The van der Waals surface area contributed by atoms with Gasteiger partial charge in [-0.1, -0.05) is 46.5 Å². The van der Waals surface area contributed by atoms with Gasteiger partial charge >= 0.3 is 0 Å². The molecule has 0 heterocycles. The quantitative estimate of drug-likeness (QED) is 0.405. The molecule has 0 radical (unpaired) electrons. The van der Waals surface area contributed by atoms with Crippen molar-refractivity contribution in [3.63, 3.8) is 0 Å². The molecule has 0 aliphatic carbocycles. The van der Waals surface area contributed by atoms with Crippen LogP contribution in [0.15, 0.2) is 0 Å². The minimum atomic E-state index is 0.871. The third kappa shape index (κ3) is 10.6. The Hall–Kier alpha value is 0.700. The maximum atomic E-state index is 2.37. The zero-order valence-corrected chi connectivity index (χ0v) is 11.0. The van der Waals surface area contributed by atoms with E-state index in [-0.39, 0.29) is 0 Å². The van der Waals surface area contributed by atoms with Gasteiger partial charge in [0.25, 0.3) is 0 Å². The molecule has 80 valence electrons. The predicted octanol–water partition coefficient (Wildman–Crippen LogP) is 4.79. The van der Waals surface area contributed by atoms with Gasteiger partial charge in [-0.05, 0) is 12.2 Å². The van der Waals surface area contributed by atoms with Crippen molar-refractivity contribution < 1.29 is 0 Å². The fourth-order valence-electron chi connectivity index (χ4n) is 1.19. The monoisotopic (exact) mass is 220 g/mol. The van der Waals surface area contributed by atoms with Gasteiger partial charge in [0.05, 0.1) is 0 Å². The van der Waals surface area contributed by atoms with Gasteiger partial charge in [0, 0.05) is 10.3 Å². The third-order valence-electron chi connectivity index (χ3n) is 2.10. The zero-order valence-electron chi connectivity index (χ0n) is 9.34. The molecular weight excluding hydrogens is 196 g/mol. The van der Waals surface area contributed by atoms with Crippen LogP contribution in [0.5, 0.6) is 0 Å². The Bertz CT molecular complexity index is 94.1. The first-order valence-electron chi connectivity index (χ1n) is 5.50. The van der Waals surface area contributed by atoms with E-state index in [2.05, 4.69) is 32.5 Å². The van der Waals surface area contributed by atoms with Crippen molar-refractivity contribution in [3.8, 4) is 0 Å². The maximum absolute atomic E-state index is 2.37. The highest BCUT2D eigenvalue weighted by Crippen LogP contribution is 2.21. The van der Waals surface area contributed by atoms with E-state index in [1.807, 2.05) is 11.8 Å². The summed E-state index contributed by atoms with van der Waals surface area (Å²) in [6, 6.07) is 0. The molecule has 2 heteroatoms.